The van der Waals surface area contributed by atoms with Crippen LogP contribution in [0.15, 0.2) is 170 Å². The third-order valence-electron chi connectivity index (χ3n) is 10.7. The summed E-state index contributed by atoms with van der Waals surface area (Å²) in [6.07, 6.45) is 0.333. The molecule has 0 radical (unpaired) electrons. The largest absolute Gasteiger partial charge is 0.481 e. The van der Waals surface area contributed by atoms with E-state index in [0.29, 0.717) is 30.6 Å². The molecule has 1 heterocycles. The van der Waals surface area contributed by atoms with Crippen LogP contribution in [-0.4, -0.2) is 51.4 Å². The summed E-state index contributed by atoms with van der Waals surface area (Å²) < 4.78 is 32.2. The van der Waals surface area contributed by atoms with Gasteiger partial charge in [0.05, 0.1) is 31.4 Å². The number of nitrogens with zero attached hydrogens (tertiary/aromatic N) is 2. The topological polar surface area (TPSA) is 132 Å². The van der Waals surface area contributed by atoms with E-state index >= 15 is 0 Å². The Morgan fingerprint density at radius 1 is 0.600 bits per heavy atom. The lowest BCUT2D eigenvalue weighted by Gasteiger charge is -2.49. The molecule has 0 aromatic heterocycles. The summed E-state index contributed by atoms with van der Waals surface area (Å²) in [6, 6.07) is 51.7. The minimum atomic E-state index is -3.78. The molecule has 1 aliphatic rings. The van der Waals surface area contributed by atoms with Crippen molar-refractivity contribution >= 4 is 19.5 Å². The van der Waals surface area contributed by atoms with Gasteiger partial charge in [-0.15, -0.1) is 0 Å². The first kappa shape index (κ1) is 42.1. The Morgan fingerprint density at radius 3 is 1.65 bits per heavy atom. The first-order valence-corrected chi connectivity index (χ1v) is 21.9. The van der Waals surface area contributed by atoms with E-state index in [9.17, 15) is 19.3 Å². The fourth-order valence-electron chi connectivity index (χ4n) is 7.53. The highest BCUT2D eigenvalue weighted by atomic mass is 31.2. The molecule has 1 aliphatic heterocycles. The van der Waals surface area contributed by atoms with E-state index in [-0.39, 0.29) is 38.7 Å². The van der Waals surface area contributed by atoms with E-state index in [1.54, 1.807) is 40.1 Å². The van der Waals surface area contributed by atoms with E-state index in [0.717, 1.165) is 33.4 Å². The van der Waals surface area contributed by atoms with E-state index in [2.05, 4.69) is 0 Å². The lowest BCUT2D eigenvalue weighted by atomic mass is 9.88. The fourth-order valence-corrected chi connectivity index (χ4v) is 8.75. The van der Waals surface area contributed by atoms with Crippen LogP contribution in [0.5, 0.6) is 5.75 Å². The molecule has 3 unspecified atom stereocenters. The highest BCUT2D eigenvalue weighted by Crippen LogP contribution is 2.50. The smallest absolute Gasteiger partial charge is 0.368 e. The normalized spacial score (nSPS) is 16.8. The maximum atomic E-state index is 15.0. The number of aryl methyl sites for hydroxylation is 1. The second-order valence-electron chi connectivity index (χ2n) is 15.0. The number of ether oxygens (including phenoxy) is 1. The summed E-state index contributed by atoms with van der Waals surface area (Å²) in [5.41, 5.74) is 11.2. The number of nitrogens with two attached hydrogens (primary N) is 1. The van der Waals surface area contributed by atoms with Gasteiger partial charge in [0.25, 0.3) is 0 Å². The van der Waals surface area contributed by atoms with Gasteiger partial charge in [-0.1, -0.05) is 146 Å². The molecule has 3 amide bonds. The second kappa shape index (κ2) is 20.3. The molecule has 6 aromatic rings. The zero-order chi connectivity index (χ0) is 41.7. The van der Waals surface area contributed by atoms with E-state index in [4.69, 9.17) is 19.5 Å². The number of benzene rings is 6. The van der Waals surface area contributed by atoms with Gasteiger partial charge in [0, 0.05) is 18.7 Å². The number of aliphatic hydroxyl groups excluding tert-OH is 1. The molecule has 11 heteroatoms. The maximum absolute atomic E-state index is 15.0. The number of rotatable bonds is 19. The van der Waals surface area contributed by atoms with Gasteiger partial charge in [0.2, 0.25) is 5.91 Å². The Labute approximate surface area is 351 Å². The Balaban J connectivity index is 1.15. The van der Waals surface area contributed by atoms with Crippen molar-refractivity contribution in [2.75, 3.05) is 6.35 Å². The zero-order valence-corrected chi connectivity index (χ0v) is 34.3. The molecule has 0 aliphatic carbocycles. The number of hydrogen-bond donors (Lipinski definition) is 2. The van der Waals surface area contributed by atoms with Crippen molar-refractivity contribution in [1.82, 2.24) is 9.80 Å². The van der Waals surface area contributed by atoms with Crippen molar-refractivity contribution in [3.8, 4) is 5.75 Å². The van der Waals surface area contributed by atoms with Crippen molar-refractivity contribution in [3.05, 3.63) is 209 Å². The van der Waals surface area contributed by atoms with Crippen molar-refractivity contribution in [2.24, 2.45) is 5.73 Å². The number of hydrogen-bond acceptors (Lipinski definition) is 7. The van der Waals surface area contributed by atoms with E-state index in [1.807, 2.05) is 140 Å². The molecule has 1 saturated heterocycles. The number of primary amides is 1. The van der Waals surface area contributed by atoms with Gasteiger partial charge in [0.1, 0.15) is 5.75 Å². The molecule has 0 spiro atoms. The van der Waals surface area contributed by atoms with Crippen molar-refractivity contribution in [2.45, 2.75) is 63.8 Å². The van der Waals surface area contributed by atoms with Gasteiger partial charge < -0.3 is 34.4 Å². The quantitative estimate of drug-likeness (QED) is 0.0779. The predicted molar refractivity (Wildman–Crippen MR) is 232 cm³/mol. The molecule has 308 valence electrons. The van der Waals surface area contributed by atoms with Crippen LogP contribution in [0.3, 0.4) is 0 Å². The number of amides is 3. The summed E-state index contributed by atoms with van der Waals surface area (Å²) >= 11 is 0. The SMILES string of the molecule is NC(=O)c1cccc(CN2C(=O)N(Cc3cccc(OCP(=O)(OCc4ccccc4)OCc4ccccc4)c3)C(Cc3ccccc3)C(O)C2CCc2ccccc2)c1. The number of urea groups is 1. The Hall–Kier alpha value is -6.03. The van der Waals surface area contributed by atoms with Crippen LogP contribution in [0.1, 0.15) is 50.2 Å². The average molecular weight is 824 g/mol. The van der Waals surface area contributed by atoms with Gasteiger partial charge in [-0.05, 0) is 76.9 Å². The van der Waals surface area contributed by atoms with Gasteiger partial charge in [-0.25, -0.2) is 4.79 Å². The molecule has 0 saturated carbocycles. The van der Waals surface area contributed by atoms with E-state index < -0.39 is 31.7 Å². The summed E-state index contributed by atoms with van der Waals surface area (Å²) in [5, 5.41) is 12.4. The number of carbonyl (C=O) groups is 2. The van der Waals surface area contributed by atoms with Crippen LogP contribution >= 0.6 is 7.60 Å². The van der Waals surface area contributed by atoms with Gasteiger partial charge in [-0.2, -0.15) is 0 Å². The van der Waals surface area contributed by atoms with Crippen LogP contribution in [0, 0.1) is 0 Å². The minimum Gasteiger partial charge on any atom is -0.481 e. The number of aliphatic hydroxyl groups is 1. The molecule has 0 bridgehead atoms. The molecule has 3 atom stereocenters. The number of carbonyl (C=O) groups excluding carboxylic acids is 2. The monoisotopic (exact) mass is 823 g/mol. The van der Waals surface area contributed by atoms with Crippen LogP contribution in [0.4, 0.5) is 4.79 Å². The molecule has 3 N–H and O–H groups in total. The molecular weight excluding hydrogens is 774 g/mol. The van der Waals surface area contributed by atoms with Gasteiger partial charge in [0.15, 0.2) is 6.35 Å². The molecule has 60 heavy (non-hydrogen) atoms. The van der Waals surface area contributed by atoms with Gasteiger partial charge in [-0.3, -0.25) is 9.36 Å². The zero-order valence-electron chi connectivity index (χ0n) is 33.4. The third kappa shape index (κ3) is 11.4. The van der Waals surface area contributed by atoms with Crippen molar-refractivity contribution in [3.63, 3.8) is 0 Å². The summed E-state index contributed by atoms with van der Waals surface area (Å²) in [6.45, 7) is 0.471. The molecular formula is C49H50N3O7P. The third-order valence-corrected chi connectivity index (χ3v) is 12.2. The minimum absolute atomic E-state index is 0.0776. The predicted octanol–water partition coefficient (Wildman–Crippen LogP) is 9.16. The molecule has 1 fully saturated rings. The molecule has 7 rings (SSSR count). The maximum Gasteiger partial charge on any atom is 0.368 e. The summed E-state index contributed by atoms with van der Waals surface area (Å²) in [4.78, 5) is 30.6. The first-order chi connectivity index (χ1) is 29.2. The van der Waals surface area contributed by atoms with Crippen LogP contribution in [0.25, 0.3) is 0 Å². The first-order valence-electron chi connectivity index (χ1n) is 20.1. The van der Waals surface area contributed by atoms with Crippen LogP contribution in [-0.2, 0) is 52.8 Å². The lowest BCUT2D eigenvalue weighted by Crippen LogP contribution is -2.66. The van der Waals surface area contributed by atoms with Crippen molar-refractivity contribution < 1.29 is 33.0 Å². The Kier molecular flexibility index (Phi) is 14.2. The second-order valence-corrected chi connectivity index (χ2v) is 17.0. The molecule has 6 aromatic carbocycles. The van der Waals surface area contributed by atoms with Gasteiger partial charge >= 0.3 is 13.6 Å². The highest BCUT2D eigenvalue weighted by Gasteiger charge is 2.45. The summed E-state index contributed by atoms with van der Waals surface area (Å²) in [5.74, 6) is -0.138. The van der Waals surface area contributed by atoms with Crippen LogP contribution < -0.4 is 10.5 Å². The standard InChI is InChI=1S/C49H50N3O7P/c50-48(54)43-25-13-23-41(29-43)32-51-45(28-27-37-15-5-1-6-16-37)47(53)46(31-38-17-7-2-8-18-38)52(49(51)55)33-42-24-14-26-44(30-42)57-36-60(56,58-34-39-19-9-3-10-20-39)59-35-40-21-11-4-12-22-40/h1-26,29-30,45-47,53H,27-28,31-36H2,(H2,50,54). The lowest BCUT2D eigenvalue weighted by molar-refractivity contribution is -0.0453. The average Bonchev–Trinajstić information content (AvgIpc) is 3.29. The Bertz CT molecular complexity index is 2300. The van der Waals surface area contributed by atoms with Crippen molar-refractivity contribution in [1.29, 1.82) is 0 Å². The fraction of sp³-hybridized carbons (Fsp3) is 0.224. The molecule has 10 nitrogen and oxygen atoms in total. The van der Waals surface area contributed by atoms with Crippen LogP contribution in [0.2, 0.25) is 0 Å². The highest BCUT2D eigenvalue weighted by molar-refractivity contribution is 7.53. The summed E-state index contributed by atoms with van der Waals surface area (Å²) in [7, 11) is -3.78. The van der Waals surface area contributed by atoms with E-state index in [1.165, 1.54) is 0 Å². The Morgan fingerprint density at radius 2 is 1.08 bits per heavy atom.